The molecular formula is C11H14N2O4. The summed E-state index contributed by atoms with van der Waals surface area (Å²) in [5.41, 5.74) is 5.65. The van der Waals surface area contributed by atoms with Crippen LogP contribution in [0.3, 0.4) is 0 Å². The van der Waals surface area contributed by atoms with Crippen molar-refractivity contribution in [2.45, 2.75) is 13.0 Å². The number of carbonyl (C=O) groups is 2. The number of nitrogens with one attached hydrogen (secondary N) is 1. The highest BCUT2D eigenvalue weighted by atomic mass is 16.5. The van der Waals surface area contributed by atoms with E-state index < -0.39 is 12.1 Å². The van der Waals surface area contributed by atoms with Crippen LogP contribution in [0.5, 0.6) is 5.75 Å². The van der Waals surface area contributed by atoms with Crippen molar-refractivity contribution in [2.24, 2.45) is 0 Å². The molecule has 0 spiro atoms. The Kier molecular flexibility index (Phi) is 3.92. The van der Waals surface area contributed by atoms with Gasteiger partial charge in [-0.2, -0.15) is 0 Å². The van der Waals surface area contributed by atoms with Crippen LogP contribution in [0.1, 0.15) is 17.3 Å². The van der Waals surface area contributed by atoms with Crippen molar-refractivity contribution in [3.05, 3.63) is 23.8 Å². The van der Waals surface area contributed by atoms with E-state index in [0.29, 0.717) is 5.75 Å². The Morgan fingerprint density at radius 1 is 1.47 bits per heavy atom. The highest BCUT2D eigenvalue weighted by molar-refractivity contribution is 5.93. The molecule has 92 valence electrons. The van der Waals surface area contributed by atoms with E-state index >= 15 is 0 Å². The molecule has 0 heterocycles. The summed E-state index contributed by atoms with van der Waals surface area (Å²) in [6.45, 7) is 1.58. The number of benzene rings is 1. The Hall–Kier alpha value is -2.24. The summed E-state index contributed by atoms with van der Waals surface area (Å²) >= 11 is 0. The van der Waals surface area contributed by atoms with Gasteiger partial charge in [0.25, 0.3) is 5.91 Å². The number of likely N-dealkylation sites (N-methyl/N-ethyl adjacent to an activating group) is 1. The smallest absolute Gasteiger partial charge is 0.337 e. The van der Waals surface area contributed by atoms with Gasteiger partial charge in [0.05, 0.1) is 5.56 Å². The van der Waals surface area contributed by atoms with Crippen molar-refractivity contribution in [3.63, 3.8) is 0 Å². The average molecular weight is 238 g/mol. The first-order chi connectivity index (χ1) is 7.95. The first kappa shape index (κ1) is 12.8. The van der Waals surface area contributed by atoms with Crippen LogP contribution in [0.2, 0.25) is 0 Å². The van der Waals surface area contributed by atoms with Crippen molar-refractivity contribution in [3.8, 4) is 5.75 Å². The molecule has 0 aliphatic carbocycles. The minimum Gasteiger partial charge on any atom is -0.481 e. The van der Waals surface area contributed by atoms with E-state index in [0.717, 1.165) is 0 Å². The maximum Gasteiger partial charge on any atom is 0.337 e. The highest BCUT2D eigenvalue weighted by Gasteiger charge is 2.14. The number of aromatic carboxylic acids is 1. The molecule has 6 heteroatoms. The van der Waals surface area contributed by atoms with Gasteiger partial charge in [0.2, 0.25) is 0 Å². The molecule has 1 aromatic rings. The summed E-state index contributed by atoms with van der Waals surface area (Å²) < 4.78 is 5.30. The van der Waals surface area contributed by atoms with Crippen LogP contribution in [0.4, 0.5) is 5.69 Å². The van der Waals surface area contributed by atoms with Crippen LogP contribution in [0, 0.1) is 0 Å². The first-order valence-corrected chi connectivity index (χ1v) is 4.96. The lowest BCUT2D eigenvalue weighted by atomic mass is 10.2. The number of hydrogen-bond acceptors (Lipinski definition) is 4. The van der Waals surface area contributed by atoms with E-state index in [1.807, 2.05) is 0 Å². The van der Waals surface area contributed by atoms with Gasteiger partial charge in [0.15, 0.2) is 6.10 Å². The molecule has 0 aliphatic rings. The average Bonchev–Trinajstić information content (AvgIpc) is 2.27. The molecule has 17 heavy (non-hydrogen) atoms. The van der Waals surface area contributed by atoms with Crippen LogP contribution >= 0.6 is 0 Å². The molecule has 0 radical (unpaired) electrons. The third-order valence-electron chi connectivity index (χ3n) is 2.18. The SMILES string of the molecule is CNC(=O)C(C)Oc1ccc(C(=O)O)c(N)c1. The second-order valence-electron chi connectivity index (χ2n) is 3.43. The van der Waals surface area contributed by atoms with Crippen molar-refractivity contribution < 1.29 is 19.4 Å². The molecule has 0 saturated carbocycles. The summed E-state index contributed by atoms with van der Waals surface area (Å²) in [5, 5.41) is 11.2. The monoisotopic (exact) mass is 238 g/mol. The quantitative estimate of drug-likeness (QED) is 0.662. The van der Waals surface area contributed by atoms with Gasteiger partial charge in [0, 0.05) is 18.8 Å². The van der Waals surface area contributed by atoms with Gasteiger partial charge in [-0.05, 0) is 19.1 Å². The van der Waals surface area contributed by atoms with Gasteiger partial charge >= 0.3 is 5.97 Å². The van der Waals surface area contributed by atoms with Gasteiger partial charge in [-0.3, -0.25) is 4.79 Å². The minimum atomic E-state index is -1.10. The predicted octanol–water partition coefficient (Wildman–Crippen LogP) is 0.480. The fraction of sp³-hybridized carbons (Fsp3) is 0.273. The summed E-state index contributed by atoms with van der Waals surface area (Å²) in [6, 6.07) is 4.17. The molecule has 0 fully saturated rings. The predicted molar refractivity (Wildman–Crippen MR) is 62.0 cm³/mol. The summed E-state index contributed by atoms with van der Waals surface area (Å²) in [6.07, 6.45) is -0.671. The Bertz CT molecular complexity index is 445. The summed E-state index contributed by atoms with van der Waals surface area (Å²) in [5.74, 6) is -1.03. The highest BCUT2D eigenvalue weighted by Crippen LogP contribution is 2.20. The molecule has 4 N–H and O–H groups in total. The van der Waals surface area contributed by atoms with Crippen molar-refractivity contribution >= 4 is 17.6 Å². The number of amides is 1. The zero-order valence-corrected chi connectivity index (χ0v) is 9.56. The van der Waals surface area contributed by atoms with Crippen LogP contribution < -0.4 is 15.8 Å². The molecule has 1 atom stereocenters. The van der Waals surface area contributed by atoms with E-state index in [1.165, 1.54) is 25.2 Å². The van der Waals surface area contributed by atoms with Gasteiger partial charge in [0.1, 0.15) is 5.75 Å². The Morgan fingerprint density at radius 2 is 2.12 bits per heavy atom. The molecule has 0 bridgehead atoms. The largest absolute Gasteiger partial charge is 0.481 e. The third kappa shape index (κ3) is 3.10. The maximum atomic E-state index is 11.2. The molecule has 0 aromatic heterocycles. The van der Waals surface area contributed by atoms with E-state index in [1.54, 1.807) is 6.92 Å². The Labute approximate surface area is 98.4 Å². The van der Waals surface area contributed by atoms with E-state index in [2.05, 4.69) is 5.32 Å². The fourth-order valence-electron chi connectivity index (χ4n) is 1.27. The number of carboxylic acids is 1. The number of rotatable bonds is 4. The number of hydrogen-bond donors (Lipinski definition) is 3. The van der Waals surface area contributed by atoms with Crippen molar-refractivity contribution in [1.29, 1.82) is 0 Å². The normalized spacial score (nSPS) is 11.6. The lowest BCUT2D eigenvalue weighted by Gasteiger charge is -2.13. The topological polar surface area (TPSA) is 102 Å². The first-order valence-electron chi connectivity index (χ1n) is 4.96. The second-order valence-corrected chi connectivity index (χ2v) is 3.43. The van der Waals surface area contributed by atoms with Gasteiger partial charge < -0.3 is 20.9 Å². The zero-order valence-electron chi connectivity index (χ0n) is 9.56. The summed E-state index contributed by atoms with van der Waals surface area (Å²) in [4.78, 5) is 21.9. The Balaban J connectivity index is 2.84. The van der Waals surface area contributed by atoms with E-state index in [9.17, 15) is 9.59 Å². The number of nitrogens with two attached hydrogens (primary N) is 1. The fourth-order valence-corrected chi connectivity index (χ4v) is 1.27. The van der Waals surface area contributed by atoms with E-state index in [-0.39, 0.29) is 17.2 Å². The van der Waals surface area contributed by atoms with Gasteiger partial charge in [-0.15, -0.1) is 0 Å². The number of ether oxygens (including phenoxy) is 1. The molecule has 0 saturated heterocycles. The zero-order chi connectivity index (χ0) is 13.0. The lowest BCUT2D eigenvalue weighted by molar-refractivity contribution is -0.126. The van der Waals surface area contributed by atoms with Crippen LogP contribution in [-0.2, 0) is 4.79 Å². The number of anilines is 1. The van der Waals surface area contributed by atoms with Crippen LogP contribution in [0.25, 0.3) is 0 Å². The number of nitrogen functional groups attached to an aromatic ring is 1. The molecule has 1 unspecified atom stereocenters. The molecule has 0 aliphatic heterocycles. The number of carbonyl (C=O) groups excluding carboxylic acids is 1. The molecule has 6 nitrogen and oxygen atoms in total. The molecule has 1 aromatic carbocycles. The van der Waals surface area contributed by atoms with Crippen molar-refractivity contribution in [2.75, 3.05) is 12.8 Å². The molecule has 1 amide bonds. The van der Waals surface area contributed by atoms with Crippen molar-refractivity contribution in [1.82, 2.24) is 5.32 Å². The van der Waals surface area contributed by atoms with Crippen LogP contribution in [0.15, 0.2) is 18.2 Å². The third-order valence-corrected chi connectivity index (χ3v) is 2.18. The minimum absolute atomic E-state index is 0.00458. The Morgan fingerprint density at radius 3 is 2.59 bits per heavy atom. The number of carboxylic acid groups (broad SMARTS) is 1. The van der Waals surface area contributed by atoms with E-state index in [4.69, 9.17) is 15.6 Å². The standard InChI is InChI=1S/C11H14N2O4/c1-6(10(14)13-2)17-7-3-4-8(11(15)16)9(12)5-7/h3-6H,12H2,1-2H3,(H,13,14)(H,15,16). The van der Waals surface area contributed by atoms with Gasteiger partial charge in [-0.25, -0.2) is 4.79 Å². The lowest BCUT2D eigenvalue weighted by Crippen LogP contribution is -2.33. The summed E-state index contributed by atoms with van der Waals surface area (Å²) in [7, 11) is 1.50. The molecule has 1 rings (SSSR count). The second kappa shape index (κ2) is 5.20. The van der Waals surface area contributed by atoms with Gasteiger partial charge in [-0.1, -0.05) is 0 Å². The molecular weight excluding hydrogens is 224 g/mol. The van der Waals surface area contributed by atoms with Crippen LogP contribution in [-0.4, -0.2) is 30.1 Å². The maximum absolute atomic E-state index is 11.2.